The number of carbonyl (C=O) groups is 1. The lowest BCUT2D eigenvalue weighted by Crippen LogP contribution is -2.23. The molecular weight excluding hydrogens is 342 g/mol. The highest BCUT2D eigenvalue weighted by atomic mass is 16.5. The average Bonchev–Trinajstić information content (AvgIpc) is 3.33. The van der Waals surface area contributed by atoms with Crippen LogP contribution in [0.1, 0.15) is 29.6 Å². The number of carbonyl (C=O) groups excluding carboxylic acids is 1. The molecule has 0 bridgehead atoms. The summed E-state index contributed by atoms with van der Waals surface area (Å²) < 4.78 is 10.9. The third-order valence-electron chi connectivity index (χ3n) is 4.81. The number of anilines is 2. The van der Waals surface area contributed by atoms with E-state index in [1.165, 1.54) is 12.0 Å². The highest BCUT2D eigenvalue weighted by Crippen LogP contribution is 2.31. The van der Waals surface area contributed by atoms with Crippen LogP contribution in [0.5, 0.6) is 0 Å². The molecule has 1 aliphatic rings. The summed E-state index contributed by atoms with van der Waals surface area (Å²) in [6, 6.07) is 11.3. The highest BCUT2D eigenvalue weighted by molar-refractivity contribution is 6.04. The normalized spacial score (nSPS) is 16.8. The fourth-order valence-electron chi connectivity index (χ4n) is 3.60. The minimum atomic E-state index is -0.272. The van der Waals surface area contributed by atoms with E-state index in [1.54, 1.807) is 12.1 Å². The first-order valence-electron chi connectivity index (χ1n) is 9.27. The van der Waals surface area contributed by atoms with Gasteiger partial charge in [-0.05, 0) is 56.7 Å². The number of hydrogen-bond donors (Lipinski definition) is 1. The number of hydrogen-bond acceptors (Lipinski definition) is 5. The zero-order chi connectivity index (χ0) is 18.8. The quantitative estimate of drug-likeness (QED) is 0.740. The second kappa shape index (κ2) is 7.40. The number of aryl methyl sites for hydroxylation is 1. The molecule has 6 heteroatoms. The van der Waals surface area contributed by atoms with E-state index in [4.69, 9.17) is 9.15 Å². The smallest absolute Gasteiger partial charge is 0.291 e. The lowest BCUT2D eigenvalue weighted by atomic mass is 10.1. The number of furan rings is 1. The number of rotatable bonds is 5. The molecule has 1 saturated heterocycles. The van der Waals surface area contributed by atoms with Crippen molar-refractivity contribution in [2.75, 3.05) is 29.9 Å². The van der Waals surface area contributed by atoms with Gasteiger partial charge in [-0.15, -0.1) is 0 Å². The Bertz CT molecular complexity index is 953. The van der Waals surface area contributed by atoms with Crippen molar-refractivity contribution in [1.29, 1.82) is 0 Å². The van der Waals surface area contributed by atoms with Gasteiger partial charge >= 0.3 is 0 Å². The second-order valence-corrected chi connectivity index (χ2v) is 6.76. The van der Waals surface area contributed by atoms with Crippen molar-refractivity contribution >= 4 is 28.2 Å². The molecule has 6 nitrogen and oxygen atoms in total. The molecule has 3 heterocycles. The summed E-state index contributed by atoms with van der Waals surface area (Å²) in [5, 5.41) is 3.94. The molecule has 27 heavy (non-hydrogen) atoms. The SMILES string of the molecule is CCO[C@H]1CCN(c2cc(C)nc3cc(NC(=O)c4ccco4)ccc23)C1. The molecular formula is C21H23N3O3. The van der Waals surface area contributed by atoms with Gasteiger partial charge in [-0.1, -0.05) is 0 Å². The molecule has 0 radical (unpaired) electrons. The van der Waals surface area contributed by atoms with Crippen molar-refractivity contribution in [2.24, 2.45) is 0 Å². The maximum atomic E-state index is 12.2. The van der Waals surface area contributed by atoms with Gasteiger partial charge in [-0.3, -0.25) is 9.78 Å². The Morgan fingerprint density at radius 3 is 3.04 bits per heavy atom. The van der Waals surface area contributed by atoms with Crippen LogP contribution < -0.4 is 10.2 Å². The van der Waals surface area contributed by atoms with Crippen LogP contribution in [0.3, 0.4) is 0 Å². The monoisotopic (exact) mass is 365 g/mol. The van der Waals surface area contributed by atoms with Gasteiger partial charge < -0.3 is 19.4 Å². The fourth-order valence-corrected chi connectivity index (χ4v) is 3.60. The molecule has 0 saturated carbocycles. The summed E-state index contributed by atoms with van der Waals surface area (Å²) in [7, 11) is 0. The van der Waals surface area contributed by atoms with Crippen molar-refractivity contribution in [1.82, 2.24) is 4.98 Å². The van der Waals surface area contributed by atoms with E-state index in [1.807, 2.05) is 32.0 Å². The Hall–Kier alpha value is -2.86. The molecule has 2 aromatic heterocycles. The number of nitrogens with one attached hydrogen (secondary N) is 1. The molecule has 1 aromatic carbocycles. The van der Waals surface area contributed by atoms with Crippen LogP contribution in [0.15, 0.2) is 47.1 Å². The van der Waals surface area contributed by atoms with E-state index < -0.39 is 0 Å². The summed E-state index contributed by atoms with van der Waals surface area (Å²) in [5.74, 6) is 0.0124. The average molecular weight is 365 g/mol. The molecule has 140 valence electrons. The molecule has 1 aliphatic heterocycles. The zero-order valence-corrected chi connectivity index (χ0v) is 15.6. The molecule has 1 fully saturated rings. The largest absolute Gasteiger partial charge is 0.459 e. The molecule has 1 N–H and O–H groups in total. The van der Waals surface area contributed by atoms with Gasteiger partial charge in [0.05, 0.1) is 17.9 Å². The van der Waals surface area contributed by atoms with Crippen LogP contribution >= 0.6 is 0 Å². The maximum absolute atomic E-state index is 12.2. The van der Waals surface area contributed by atoms with E-state index in [0.717, 1.165) is 42.7 Å². The van der Waals surface area contributed by atoms with E-state index in [0.29, 0.717) is 5.69 Å². The fraction of sp³-hybridized carbons (Fsp3) is 0.333. The number of benzene rings is 1. The van der Waals surface area contributed by atoms with Gasteiger partial charge in [0.15, 0.2) is 5.76 Å². The maximum Gasteiger partial charge on any atom is 0.291 e. The van der Waals surface area contributed by atoms with Gasteiger partial charge in [0, 0.05) is 42.2 Å². The van der Waals surface area contributed by atoms with Gasteiger partial charge in [0.25, 0.3) is 5.91 Å². The van der Waals surface area contributed by atoms with Crippen LogP contribution in [-0.4, -0.2) is 36.7 Å². The van der Waals surface area contributed by atoms with Crippen molar-refractivity contribution in [3.8, 4) is 0 Å². The minimum absolute atomic E-state index is 0.272. The predicted octanol–water partition coefficient (Wildman–Crippen LogP) is 4.00. The lowest BCUT2D eigenvalue weighted by Gasteiger charge is -2.21. The van der Waals surface area contributed by atoms with E-state index in [-0.39, 0.29) is 17.8 Å². The van der Waals surface area contributed by atoms with Gasteiger partial charge in [-0.2, -0.15) is 0 Å². The molecule has 1 atom stereocenters. The third-order valence-corrected chi connectivity index (χ3v) is 4.81. The molecule has 1 amide bonds. The lowest BCUT2D eigenvalue weighted by molar-refractivity contribution is 0.0788. The number of pyridine rings is 1. The summed E-state index contributed by atoms with van der Waals surface area (Å²) >= 11 is 0. The Labute approximate surface area is 158 Å². The van der Waals surface area contributed by atoms with E-state index in [9.17, 15) is 4.79 Å². The standard InChI is InChI=1S/C21H23N3O3/c1-3-26-16-8-9-24(13-16)19-11-14(2)22-18-12-15(6-7-17(18)19)23-21(25)20-5-4-10-27-20/h4-7,10-12,16H,3,8-9,13H2,1-2H3,(H,23,25)/t16-/m0/s1. The summed E-state index contributed by atoms with van der Waals surface area (Å²) in [6.07, 6.45) is 2.80. The van der Waals surface area contributed by atoms with Crippen LogP contribution in [0.25, 0.3) is 10.9 Å². The number of amides is 1. The van der Waals surface area contributed by atoms with Crippen LogP contribution in [-0.2, 0) is 4.74 Å². The number of ether oxygens (including phenoxy) is 1. The van der Waals surface area contributed by atoms with E-state index >= 15 is 0 Å². The van der Waals surface area contributed by atoms with Crippen molar-refractivity contribution in [3.05, 3.63) is 54.1 Å². The molecule has 4 rings (SSSR count). The zero-order valence-electron chi connectivity index (χ0n) is 15.6. The molecule has 0 spiro atoms. The Morgan fingerprint density at radius 1 is 1.37 bits per heavy atom. The Kier molecular flexibility index (Phi) is 4.81. The van der Waals surface area contributed by atoms with E-state index in [2.05, 4.69) is 21.3 Å². The first-order valence-corrected chi connectivity index (χ1v) is 9.27. The molecule has 0 unspecified atom stereocenters. The number of fused-ring (bicyclic) bond motifs is 1. The van der Waals surface area contributed by atoms with Crippen molar-refractivity contribution in [3.63, 3.8) is 0 Å². The predicted molar refractivity (Wildman–Crippen MR) is 105 cm³/mol. The summed E-state index contributed by atoms with van der Waals surface area (Å²) in [4.78, 5) is 19.2. The van der Waals surface area contributed by atoms with Crippen LogP contribution in [0.4, 0.5) is 11.4 Å². The topological polar surface area (TPSA) is 67.6 Å². The second-order valence-electron chi connectivity index (χ2n) is 6.76. The van der Waals surface area contributed by atoms with Gasteiger partial charge in [-0.25, -0.2) is 0 Å². The minimum Gasteiger partial charge on any atom is -0.459 e. The first-order chi connectivity index (χ1) is 13.1. The number of aromatic nitrogens is 1. The summed E-state index contributed by atoms with van der Waals surface area (Å²) in [5.41, 5.74) is 3.68. The first kappa shape index (κ1) is 17.5. The van der Waals surface area contributed by atoms with Crippen molar-refractivity contribution in [2.45, 2.75) is 26.4 Å². The third kappa shape index (κ3) is 3.66. The Balaban J connectivity index is 1.62. The van der Waals surface area contributed by atoms with Gasteiger partial charge in [0.2, 0.25) is 0 Å². The summed E-state index contributed by atoms with van der Waals surface area (Å²) in [6.45, 7) is 6.64. The van der Waals surface area contributed by atoms with Crippen molar-refractivity contribution < 1.29 is 13.9 Å². The molecule has 3 aromatic rings. The highest BCUT2D eigenvalue weighted by Gasteiger charge is 2.24. The van der Waals surface area contributed by atoms with Crippen LogP contribution in [0.2, 0.25) is 0 Å². The Morgan fingerprint density at radius 2 is 2.26 bits per heavy atom. The molecule has 0 aliphatic carbocycles. The van der Waals surface area contributed by atoms with Crippen LogP contribution in [0, 0.1) is 6.92 Å². The van der Waals surface area contributed by atoms with Gasteiger partial charge in [0.1, 0.15) is 0 Å². The number of nitrogens with zero attached hydrogens (tertiary/aromatic N) is 2.